The van der Waals surface area contributed by atoms with Crippen LogP contribution in [0.25, 0.3) is 0 Å². The first-order valence-electron chi connectivity index (χ1n) is 5.87. The quantitative estimate of drug-likeness (QED) is 0.800. The summed E-state index contributed by atoms with van der Waals surface area (Å²) in [6, 6.07) is 4.93. The van der Waals surface area contributed by atoms with E-state index in [1.807, 2.05) is 13.0 Å². The monoisotopic (exact) mass is 209 g/mol. The molecule has 0 fully saturated rings. The Morgan fingerprint density at radius 1 is 1.27 bits per heavy atom. The van der Waals surface area contributed by atoms with E-state index in [-0.39, 0.29) is 0 Å². The molecule has 0 saturated carbocycles. The molecule has 1 aromatic heterocycles. The second-order valence-electron chi connectivity index (χ2n) is 4.60. The molecule has 2 heteroatoms. The van der Waals surface area contributed by atoms with Gasteiger partial charge in [-0.05, 0) is 38.3 Å². The molecule has 1 aromatic rings. The van der Waals surface area contributed by atoms with Crippen molar-refractivity contribution in [1.29, 1.82) is 0 Å². The molecule has 0 saturated heterocycles. The Bertz CT molecular complexity index is 290. The maximum absolute atomic E-state index is 5.61. The van der Waals surface area contributed by atoms with Crippen LogP contribution in [0.15, 0.2) is 16.5 Å². The van der Waals surface area contributed by atoms with E-state index in [4.69, 9.17) is 4.42 Å². The van der Waals surface area contributed by atoms with Gasteiger partial charge in [0.1, 0.15) is 11.5 Å². The van der Waals surface area contributed by atoms with E-state index in [1.54, 1.807) is 0 Å². The van der Waals surface area contributed by atoms with E-state index in [9.17, 15) is 0 Å². The minimum Gasteiger partial charge on any atom is -0.465 e. The summed E-state index contributed by atoms with van der Waals surface area (Å²) in [4.78, 5) is 0. The molecule has 86 valence electrons. The van der Waals surface area contributed by atoms with Crippen molar-refractivity contribution in [3.05, 3.63) is 23.7 Å². The lowest BCUT2D eigenvalue weighted by molar-refractivity contribution is 0.324. The van der Waals surface area contributed by atoms with Crippen molar-refractivity contribution in [1.82, 2.24) is 5.32 Å². The zero-order chi connectivity index (χ0) is 11.4. The topological polar surface area (TPSA) is 25.2 Å². The fraction of sp³-hybridized carbons (Fsp3) is 0.692. The Morgan fingerprint density at radius 3 is 2.33 bits per heavy atom. The van der Waals surface area contributed by atoms with Crippen LogP contribution in [0, 0.1) is 12.8 Å². The lowest BCUT2D eigenvalue weighted by Crippen LogP contribution is -2.35. The zero-order valence-corrected chi connectivity index (χ0v) is 10.5. The molecule has 2 nitrogen and oxygen atoms in total. The van der Waals surface area contributed by atoms with Crippen molar-refractivity contribution in [2.75, 3.05) is 0 Å². The van der Waals surface area contributed by atoms with Crippen LogP contribution < -0.4 is 5.32 Å². The van der Waals surface area contributed by atoms with E-state index < -0.39 is 0 Å². The second-order valence-corrected chi connectivity index (χ2v) is 4.60. The third-order valence-corrected chi connectivity index (χ3v) is 2.90. The Kier molecular flexibility index (Phi) is 4.40. The minimum atomic E-state index is 0.297. The molecule has 1 rings (SSSR count). The first-order chi connectivity index (χ1) is 7.04. The van der Waals surface area contributed by atoms with E-state index in [2.05, 4.69) is 39.1 Å². The third kappa shape index (κ3) is 3.38. The van der Waals surface area contributed by atoms with Gasteiger partial charge in [0.2, 0.25) is 0 Å². The molecular weight excluding hydrogens is 186 g/mol. The van der Waals surface area contributed by atoms with E-state index >= 15 is 0 Å². The summed E-state index contributed by atoms with van der Waals surface area (Å²) in [5.74, 6) is 2.68. The Labute approximate surface area is 93.1 Å². The molecule has 2 atom stereocenters. The fourth-order valence-corrected chi connectivity index (χ4v) is 1.87. The van der Waals surface area contributed by atoms with Crippen LogP contribution in [-0.4, -0.2) is 6.04 Å². The van der Waals surface area contributed by atoms with Gasteiger partial charge < -0.3 is 9.73 Å². The normalized spacial score (nSPS) is 15.6. The maximum Gasteiger partial charge on any atom is 0.120 e. The summed E-state index contributed by atoms with van der Waals surface area (Å²) in [5.41, 5.74) is 0. The van der Waals surface area contributed by atoms with Crippen LogP contribution in [-0.2, 0) is 0 Å². The molecule has 0 aliphatic heterocycles. The van der Waals surface area contributed by atoms with Gasteiger partial charge in [0, 0.05) is 6.04 Å². The zero-order valence-electron chi connectivity index (χ0n) is 10.5. The molecule has 0 aliphatic rings. The molecule has 0 bridgehead atoms. The summed E-state index contributed by atoms with van der Waals surface area (Å²) < 4.78 is 5.61. The molecule has 0 spiro atoms. The van der Waals surface area contributed by atoms with Gasteiger partial charge >= 0.3 is 0 Å². The Balaban J connectivity index is 2.58. The number of furan rings is 1. The average molecular weight is 209 g/mol. The van der Waals surface area contributed by atoms with Crippen LogP contribution in [0.3, 0.4) is 0 Å². The second kappa shape index (κ2) is 5.36. The number of hydrogen-bond acceptors (Lipinski definition) is 2. The number of rotatable bonds is 5. The van der Waals surface area contributed by atoms with Gasteiger partial charge in [-0.3, -0.25) is 0 Å². The highest BCUT2D eigenvalue weighted by molar-refractivity contribution is 5.09. The van der Waals surface area contributed by atoms with Gasteiger partial charge in [0.15, 0.2) is 0 Å². The third-order valence-electron chi connectivity index (χ3n) is 2.90. The highest BCUT2D eigenvalue weighted by Gasteiger charge is 2.16. The van der Waals surface area contributed by atoms with Gasteiger partial charge in [-0.25, -0.2) is 0 Å². The molecular formula is C13H23NO. The van der Waals surface area contributed by atoms with E-state index in [1.165, 1.54) is 0 Å². The van der Waals surface area contributed by atoms with Crippen molar-refractivity contribution < 1.29 is 4.42 Å². The number of nitrogens with one attached hydrogen (secondary N) is 1. The highest BCUT2D eigenvalue weighted by atomic mass is 16.3. The lowest BCUT2D eigenvalue weighted by Gasteiger charge is -2.24. The standard InChI is InChI=1S/C13H23NO/c1-6-12(9(2)3)14-11(5)13-8-7-10(4)15-13/h7-9,11-12,14H,6H2,1-5H3. The maximum atomic E-state index is 5.61. The summed E-state index contributed by atoms with van der Waals surface area (Å²) in [5, 5.41) is 3.60. The predicted octanol–water partition coefficient (Wildman–Crippen LogP) is 3.67. The molecule has 0 aliphatic carbocycles. The van der Waals surface area contributed by atoms with Gasteiger partial charge in [-0.1, -0.05) is 20.8 Å². The molecule has 0 aromatic carbocycles. The molecule has 2 unspecified atom stereocenters. The van der Waals surface area contributed by atoms with Crippen molar-refractivity contribution in [3.8, 4) is 0 Å². The van der Waals surface area contributed by atoms with Gasteiger partial charge in [-0.2, -0.15) is 0 Å². The fourth-order valence-electron chi connectivity index (χ4n) is 1.87. The predicted molar refractivity (Wildman–Crippen MR) is 63.9 cm³/mol. The number of aryl methyl sites for hydroxylation is 1. The number of hydrogen-bond donors (Lipinski definition) is 1. The SMILES string of the molecule is CCC(NC(C)c1ccc(C)o1)C(C)C. The van der Waals surface area contributed by atoms with Crippen LogP contribution in [0.2, 0.25) is 0 Å². The van der Waals surface area contributed by atoms with Crippen molar-refractivity contribution in [2.24, 2.45) is 5.92 Å². The Morgan fingerprint density at radius 2 is 1.93 bits per heavy atom. The minimum absolute atomic E-state index is 0.297. The molecule has 0 radical (unpaired) electrons. The largest absolute Gasteiger partial charge is 0.465 e. The average Bonchev–Trinajstić information content (AvgIpc) is 2.60. The van der Waals surface area contributed by atoms with Crippen LogP contribution in [0.5, 0.6) is 0 Å². The lowest BCUT2D eigenvalue weighted by atomic mass is 10.0. The van der Waals surface area contributed by atoms with Crippen LogP contribution in [0.4, 0.5) is 0 Å². The molecule has 15 heavy (non-hydrogen) atoms. The summed E-state index contributed by atoms with van der Waals surface area (Å²) in [7, 11) is 0. The summed E-state index contributed by atoms with van der Waals surface area (Å²) in [6.07, 6.45) is 1.15. The van der Waals surface area contributed by atoms with E-state index in [0.29, 0.717) is 18.0 Å². The Hall–Kier alpha value is -0.760. The first kappa shape index (κ1) is 12.3. The van der Waals surface area contributed by atoms with Gasteiger partial charge in [0.05, 0.1) is 6.04 Å². The van der Waals surface area contributed by atoms with Crippen molar-refractivity contribution >= 4 is 0 Å². The highest BCUT2D eigenvalue weighted by Crippen LogP contribution is 2.18. The van der Waals surface area contributed by atoms with Crippen LogP contribution in [0.1, 0.15) is 51.7 Å². The summed E-state index contributed by atoms with van der Waals surface area (Å²) >= 11 is 0. The molecule has 1 heterocycles. The van der Waals surface area contributed by atoms with E-state index in [0.717, 1.165) is 17.9 Å². The molecule has 0 amide bonds. The summed E-state index contributed by atoms with van der Waals surface area (Å²) in [6.45, 7) is 10.9. The van der Waals surface area contributed by atoms with Crippen molar-refractivity contribution in [2.45, 2.75) is 53.1 Å². The first-order valence-corrected chi connectivity index (χ1v) is 5.87. The van der Waals surface area contributed by atoms with Crippen LogP contribution >= 0.6 is 0 Å². The molecule has 1 N–H and O–H groups in total. The van der Waals surface area contributed by atoms with Gasteiger partial charge in [0.25, 0.3) is 0 Å². The smallest absolute Gasteiger partial charge is 0.120 e. The van der Waals surface area contributed by atoms with Gasteiger partial charge in [-0.15, -0.1) is 0 Å². The van der Waals surface area contributed by atoms with Crippen molar-refractivity contribution in [3.63, 3.8) is 0 Å².